The van der Waals surface area contributed by atoms with E-state index in [0.717, 1.165) is 43.5 Å². The normalized spacial score (nSPS) is 12.9. The number of carbonyl (C=O) groups excluding carboxylic acids is 1. The van der Waals surface area contributed by atoms with Crippen LogP contribution in [0.2, 0.25) is 0 Å². The highest BCUT2D eigenvalue weighted by molar-refractivity contribution is 5.98. The van der Waals surface area contributed by atoms with E-state index >= 15 is 0 Å². The second-order valence-electron chi connectivity index (χ2n) is 9.12. The van der Waals surface area contributed by atoms with Gasteiger partial charge in [-0.1, -0.05) is 61.4 Å². The van der Waals surface area contributed by atoms with Crippen LogP contribution in [-0.2, 0) is 24.3 Å². The Morgan fingerprint density at radius 2 is 1.91 bits per heavy atom. The third-order valence-electron chi connectivity index (χ3n) is 6.48. The molecule has 0 saturated carbocycles. The quantitative estimate of drug-likeness (QED) is 0.521. The van der Waals surface area contributed by atoms with Crippen LogP contribution < -0.4 is 26.8 Å². The van der Waals surface area contributed by atoms with E-state index in [0.29, 0.717) is 6.54 Å². The zero-order valence-electron chi connectivity index (χ0n) is 20.4. The van der Waals surface area contributed by atoms with Gasteiger partial charge in [0.25, 0.3) is 5.56 Å². The predicted octanol–water partition coefficient (Wildman–Crippen LogP) is 3.21. The number of fused-ring (bicyclic) bond motifs is 1. The van der Waals surface area contributed by atoms with E-state index in [1.807, 2.05) is 37.3 Å². The number of hydrogen-bond donors (Lipinski definition) is 2. The number of aryl methyl sites for hydroxylation is 2. The number of aromatic nitrogens is 2. The minimum atomic E-state index is -0.654. The third kappa shape index (κ3) is 5.31. The number of amides is 1. The molecule has 0 unspecified atom stereocenters. The van der Waals surface area contributed by atoms with E-state index in [-0.39, 0.29) is 30.5 Å². The molecule has 35 heavy (non-hydrogen) atoms. The molecule has 0 fully saturated rings. The predicted molar refractivity (Wildman–Crippen MR) is 140 cm³/mol. The topological polar surface area (TPSA) is 104 Å². The molecular formula is C27H33N5O3. The molecule has 184 valence electrons. The second-order valence-corrected chi connectivity index (χ2v) is 9.12. The number of nitrogens with zero attached hydrogens (tertiary/aromatic N) is 3. The Morgan fingerprint density at radius 3 is 2.66 bits per heavy atom. The van der Waals surface area contributed by atoms with Crippen molar-refractivity contribution >= 4 is 23.1 Å². The summed E-state index contributed by atoms with van der Waals surface area (Å²) in [7, 11) is 0. The van der Waals surface area contributed by atoms with E-state index < -0.39 is 11.2 Å². The first-order valence-corrected chi connectivity index (χ1v) is 12.2. The SMILES string of the molecule is CCCCn1c(N)c(N(Cc2ccccc2)C(=O)CN2CCCc3cc(C)ccc32)c(=O)[nH]c1=O. The maximum atomic E-state index is 13.8. The monoisotopic (exact) mass is 475 g/mol. The number of aromatic amines is 1. The van der Waals surface area contributed by atoms with E-state index in [4.69, 9.17) is 5.73 Å². The molecule has 0 radical (unpaired) electrons. The van der Waals surface area contributed by atoms with Crippen LogP contribution in [0.1, 0.15) is 42.9 Å². The van der Waals surface area contributed by atoms with Gasteiger partial charge >= 0.3 is 5.69 Å². The van der Waals surface area contributed by atoms with E-state index in [1.165, 1.54) is 20.6 Å². The number of hydrogen-bond acceptors (Lipinski definition) is 5. The molecule has 8 nitrogen and oxygen atoms in total. The molecule has 1 aliphatic rings. The first-order valence-electron chi connectivity index (χ1n) is 12.2. The maximum Gasteiger partial charge on any atom is 0.330 e. The van der Waals surface area contributed by atoms with Crippen molar-refractivity contribution < 1.29 is 4.79 Å². The van der Waals surface area contributed by atoms with Gasteiger partial charge in [0.05, 0.1) is 13.1 Å². The standard InChI is InChI=1S/C27H33N5O3/c1-3-4-15-31-25(28)24(26(34)29-27(31)35)32(17-20-9-6-5-7-10-20)23(33)18-30-14-8-11-21-16-19(2)12-13-22(21)30/h5-7,9-10,12-13,16H,3-4,8,11,14-15,17-18,28H2,1-2H3,(H,29,34,35). The van der Waals surface area contributed by atoms with Crippen molar-refractivity contribution in [2.75, 3.05) is 28.6 Å². The van der Waals surface area contributed by atoms with Gasteiger partial charge in [0.15, 0.2) is 5.69 Å². The molecule has 3 N–H and O–H groups in total. The Kier molecular flexibility index (Phi) is 7.39. The number of nitrogens with one attached hydrogen (secondary N) is 1. The molecule has 8 heteroatoms. The highest BCUT2D eigenvalue weighted by Crippen LogP contribution is 2.28. The molecule has 0 bridgehead atoms. The molecule has 4 rings (SSSR count). The number of unbranched alkanes of at least 4 members (excludes halogenated alkanes) is 1. The van der Waals surface area contributed by atoms with Crippen LogP contribution in [0, 0.1) is 6.92 Å². The Morgan fingerprint density at radius 1 is 1.14 bits per heavy atom. The first-order chi connectivity index (χ1) is 16.9. The van der Waals surface area contributed by atoms with Gasteiger partial charge in [0, 0.05) is 18.8 Å². The van der Waals surface area contributed by atoms with Gasteiger partial charge in [-0.05, 0) is 43.4 Å². The van der Waals surface area contributed by atoms with Crippen molar-refractivity contribution in [3.05, 3.63) is 86.1 Å². The van der Waals surface area contributed by atoms with E-state index in [9.17, 15) is 14.4 Å². The molecular weight excluding hydrogens is 442 g/mol. The summed E-state index contributed by atoms with van der Waals surface area (Å²) in [5.74, 6) is -0.230. The van der Waals surface area contributed by atoms with Gasteiger partial charge in [-0.25, -0.2) is 4.79 Å². The third-order valence-corrected chi connectivity index (χ3v) is 6.48. The summed E-state index contributed by atoms with van der Waals surface area (Å²) in [5, 5.41) is 0. The van der Waals surface area contributed by atoms with Crippen molar-refractivity contribution in [3.63, 3.8) is 0 Å². The number of nitrogen functional groups attached to an aromatic ring is 1. The molecule has 0 spiro atoms. The Labute approximate surface area is 205 Å². The maximum absolute atomic E-state index is 13.8. The zero-order chi connectivity index (χ0) is 24.9. The van der Waals surface area contributed by atoms with E-state index in [2.05, 4.69) is 35.0 Å². The highest BCUT2D eigenvalue weighted by atomic mass is 16.2. The number of benzene rings is 2. The molecule has 0 aliphatic carbocycles. The molecule has 1 amide bonds. The van der Waals surface area contributed by atoms with Gasteiger partial charge in [0.2, 0.25) is 5.91 Å². The van der Waals surface area contributed by atoms with E-state index in [1.54, 1.807) is 0 Å². The molecule has 1 aliphatic heterocycles. The molecule has 1 aromatic heterocycles. The lowest BCUT2D eigenvalue weighted by Crippen LogP contribution is -2.46. The smallest absolute Gasteiger partial charge is 0.330 e. The highest BCUT2D eigenvalue weighted by Gasteiger charge is 2.27. The summed E-state index contributed by atoms with van der Waals surface area (Å²) >= 11 is 0. The molecule has 0 saturated heterocycles. The minimum absolute atomic E-state index is 0.0196. The van der Waals surface area contributed by atoms with Crippen molar-refractivity contribution in [2.24, 2.45) is 0 Å². The second kappa shape index (κ2) is 10.6. The van der Waals surface area contributed by atoms with Crippen molar-refractivity contribution in [3.8, 4) is 0 Å². The number of rotatable bonds is 8. The summed E-state index contributed by atoms with van der Waals surface area (Å²) in [5.41, 5.74) is 9.52. The first kappa shape index (κ1) is 24.3. The molecule has 0 atom stereocenters. The van der Waals surface area contributed by atoms with Crippen LogP contribution in [-0.4, -0.2) is 28.5 Å². The fourth-order valence-electron chi connectivity index (χ4n) is 4.65. The lowest BCUT2D eigenvalue weighted by molar-refractivity contribution is -0.117. The van der Waals surface area contributed by atoms with Crippen molar-refractivity contribution in [1.82, 2.24) is 9.55 Å². The number of nitrogens with two attached hydrogens (primary N) is 1. The number of carbonyl (C=O) groups is 1. The summed E-state index contributed by atoms with van der Waals surface area (Å²) in [6, 6.07) is 15.7. The van der Waals surface area contributed by atoms with Gasteiger partial charge in [-0.3, -0.25) is 24.0 Å². The van der Waals surface area contributed by atoms with Crippen molar-refractivity contribution in [2.45, 2.75) is 52.6 Å². The largest absolute Gasteiger partial charge is 0.383 e. The van der Waals surface area contributed by atoms with Crippen LogP contribution in [0.15, 0.2) is 58.1 Å². The Hall–Kier alpha value is -3.81. The minimum Gasteiger partial charge on any atom is -0.383 e. The van der Waals surface area contributed by atoms with Gasteiger partial charge in [-0.2, -0.15) is 0 Å². The van der Waals surface area contributed by atoms with Gasteiger partial charge in [-0.15, -0.1) is 0 Å². The van der Waals surface area contributed by atoms with Gasteiger partial charge in [0.1, 0.15) is 5.82 Å². The molecule has 2 aromatic carbocycles. The molecule has 3 aromatic rings. The lowest BCUT2D eigenvalue weighted by Gasteiger charge is -2.33. The average Bonchev–Trinajstić information content (AvgIpc) is 2.83. The summed E-state index contributed by atoms with van der Waals surface area (Å²) in [4.78, 5) is 45.1. The zero-order valence-corrected chi connectivity index (χ0v) is 20.4. The Bertz CT molecular complexity index is 1310. The average molecular weight is 476 g/mol. The summed E-state index contributed by atoms with van der Waals surface area (Å²) in [6.07, 6.45) is 3.52. The summed E-state index contributed by atoms with van der Waals surface area (Å²) in [6.45, 7) is 5.48. The summed E-state index contributed by atoms with van der Waals surface area (Å²) < 4.78 is 1.35. The van der Waals surface area contributed by atoms with Crippen LogP contribution in [0.5, 0.6) is 0 Å². The van der Waals surface area contributed by atoms with Crippen LogP contribution >= 0.6 is 0 Å². The number of anilines is 3. The fraction of sp³-hybridized carbons (Fsp3) is 0.370. The van der Waals surface area contributed by atoms with Crippen LogP contribution in [0.4, 0.5) is 17.2 Å². The van der Waals surface area contributed by atoms with Gasteiger partial charge < -0.3 is 10.6 Å². The Balaban J connectivity index is 1.73. The lowest BCUT2D eigenvalue weighted by atomic mass is 9.99. The number of H-pyrrole nitrogens is 1. The van der Waals surface area contributed by atoms with Crippen LogP contribution in [0.3, 0.4) is 0 Å². The molecule has 2 heterocycles. The van der Waals surface area contributed by atoms with Crippen LogP contribution in [0.25, 0.3) is 0 Å². The fourth-order valence-corrected chi connectivity index (χ4v) is 4.65. The van der Waals surface area contributed by atoms with Crippen molar-refractivity contribution in [1.29, 1.82) is 0 Å².